The van der Waals surface area contributed by atoms with Crippen molar-refractivity contribution in [3.05, 3.63) is 36.0 Å². The second-order valence-electron chi connectivity index (χ2n) is 13.0. The van der Waals surface area contributed by atoms with E-state index < -0.39 is 15.4 Å². The molecule has 2 aliphatic rings. The van der Waals surface area contributed by atoms with Gasteiger partial charge in [-0.2, -0.15) is 8.42 Å². The predicted molar refractivity (Wildman–Crippen MR) is 137 cm³/mol. The maximum atomic E-state index is 12.0. The molecule has 0 aromatic carbocycles. The van der Waals surface area contributed by atoms with Gasteiger partial charge in [0.25, 0.3) is 10.1 Å². The van der Waals surface area contributed by atoms with Crippen LogP contribution in [0.5, 0.6) is 0 Å². The summed E-state index contributed by atoms with van der Waals surface area (Å²) in [5.74, 6) is 1.02. The molecule has 4 unspecified atom stereocenters. The monoisotopic (exact) mass is 464 g/mol. The second kappa shape index (κ2) is 9.41. The molecule has 4 atom stereocenters. The van der Waals surface area contributed by atoms with E-state index in [1.807, 2.05) is 0 Å². The second-order valence-corrected chi connectivity index (χ2v) is 14.5. The van der Waals surface area contributed by atoms with Gasteiger partial charge in [-0.25, -0.2) is 0 Å². The average Bonchev–Trinajstić information content (AvgIpc) is 2.62. The molecule has 1 fully saturated rings. The molecule has 1 saturated carbocycles. The number of hydrogen-bond donors (Lipinski definition) is 1. The fourth-order valence-electron chi connectivity index (χ4n) is 6.04. The predicted octanol–water partition coefficient (Wildman–Crippen LogP) is 8.01. The summed E-state index contributed by atoms with van der Waals surface area (Å²) in [6.07, 6.45) is 16.7. The van der Waals surface area contributed by atoms with Crippen molar-refractivity contribution in [2.75, 3.05) is 0 Å². The van der Waals surface area contributed by atoms with E-state index in [2.05, 4.69) is 86.6 Å². The Hall–Kier alpha value is -0.870. The molecule has 1 N–H and O–H groups in total. The Balaban J connectivity index is 2.36. The molecule has 0 aromatic rings. The lowest BCUT2D eigenvalue weighted by Crippen LogP contribution is -2.60. The maximum Gasteiger partial charge on any atom is 0.275 e. The lowest BCUT2D eigenvalue weighted by atomic mass is 9.37. The molecule has 2 aliphatic carbocycles. The lowest BCUT2D eigenvalue weighted by molar-refractivity contribution is -0.144. The quantitative estimate of drug-likeness (QED) is 0.278. The molecule has 3 nitrogen and oxygen atoms in total. The van der Waals surface area contributed by atoms with Gasteiger partial charge < -0.3 is 0 Å². The van der Waals surface area contributed by atoms with Crippen LogP contribution in [-0.2, 0) is 10.1 Å². The van der Waals surface area contributed by atoms with Crippen LogP contribution in [0.3, 0.4) is 0 Å². The van der Waals surface area contributed by atoms with Crippen LogP contribution in [0, 0.1) is 33.5 Å². The van der Waals surface area contributed by atoms with Crippen molar-refractivity contribution in [1.82, 2.24) is 0 Å². The van der Waals surface area contributed by atoms with E-state index in [0.29, 0.717) is 23.7 Å². The van der Waals surface area contributed by atoms with Crippen molar-refractivity contribution in [2.24, 2.45) is 33.5 Å². The fraction of sp³-hybridized carbons (Fsp3) is 0.786. The largest absolute Gasteiger partial charge is 0.285 e. The standard InChI is InChI=1S/C28H48O3S/c1-10-13-22-19-28(17-14-23(22)32(29,30)31)20-27(9,24(28)18-21(2)3)26(7,8)16-12-11-15-25(4,5)6/h11-12,14,17,19,21,23-24H,10,13,15-16,18,20H2,1-9H3,(H,29,30,31). The summed E-state index contributed by atoms with van der Waals surface area (Å²) in [6.45, 7) is 20.7. The van der Waals surface area contributed by atoms with Crippen molar-refractivity contribution in [3.8, 4) is 0 Å². The zero-order chi connectivity index (χ0) is 24.6. The van der Waals surface area contributed by atoms with Crippen molar-refractivity contribution in [1.29, 1.82) is 0 Å². The molecule has 0 aromatic heterocycles. The van der Waals surface area contributed by atoms with E-state index in [4.69, 9.17) is 0 Å². The van der Waals surface area contributed by atoms with Gasteiger partial charge in [0.15, 0.2) is 0 Å². The highest BCUT2D eigenvalue weighted by atomic mass is 32.2. The SMILES string of the molecule is CCCC1=CC2(C=CC1S(=O)(=O)O)CC(C)(C(C)(C)CC=CCC(C)(C)C)C2CC(C)C. The Kier molecular flexibility index (Phi) is 8.05. The lowest BCUT2D eigenvalue weighted by Gasteiger charge is -2.67. The summed E-state index contributed by atoms with van der Waals surface area (Å²) in [4.78, 5) is 0. The smallest absolute Gasteiger partial charge is 0.275 e. The molecule has 0 saturated heterocycles. The molecule has 1 spiro atoms. The molecule has 32 heavy (non-hydrogen) atoms. The molecule has 2 rings (SSSR count). The van der Waals surface area contributed by atoms with Gasteiger partial charge in [0, 0.05) is 5.41 Å². The molecular formula is C28H48O3S. The maximum absolute atomic E-state index is 12.0. The number of rotatable bonds is 9. The summed E-state index contributed by atoms with van der Waals surface area (Å²) in [7, 11) is -4.12. The highest BCUT2D eigenvalue weighted by molar-refractivity contribution is 7.86. The van der Waals surface area contributed by atoms with Gasteiger partial charge >= 0.3 is 0 Å². The highest BCUT2D eigenvalue weighted by Crippen LogP contribution is 2.71. The summed E-state index contributed by atoms with van der Waals surface area (Å²) in [5, 5.41) is -0.882. The topological polar surface area (TPSA) is 54.4 Å². The Bertz CT molecular complexity index is 854. The summed E-state index contributed by atoms with van der Waals surface area (Å²) in [5.41, 5.74) is 1.38. The van der Waals surface area contributed by atoms with Crippen LogP contribution in [0.2, 0.25) is 0 Å². The van der Waals surface area contributed by atoms with Crippen LogP contribution in [-0.4, -0.2) is 18.2 Å². The fourth-order valence-corrected chi connectivity index (χ4v) is 6.89. The summed E-state index contributed by atoms with van der Waals surface area (Å²) < 4.78 is 33.8. The molecule has 184 valence electrons. The number of allylic oxidation sites excluding steroid dienone is 4. The van der Waals surface area contributed by atoms with Gasteiger partial charge in [0.1, 0.15) is 5.25 Å². The van der Waals surface area contributed by atoms with Gasteiger partial charge in [-0.1, -0.05) is 99.1 Å². The molecule has 0 amide bonds. The molecule has 0 heterocycles. The van der Waals surface area contributed by atoms with Gasteiger partial charge in [-0.15, -0.1) is 0 Å². The van der Waals surface area contributed by atoms with E-state index in [0.717, 1.165) is 37.7 Å². The van der Waals surface area contributed by atoms with E-state index in [1.165, 1.54) is 0 Å². The minimum atomic E-state index is -4.12. The third-order valence-corrected chi connectivity index (χ3v) is 9.23. The van der Waals surface area contributed by atoms with Crippen LogP contribution in [0.15, 0.2) is 36.0 Å². The van der Waals surface area contributed by atoms with Crippen molar-refractivity contribution in [2.45, 2.75) is 106 Å². The highest BCUT2D eigenvalue weighted by Gasteiger charge is 2.64. The first kappa shape index (κ1) is 27.4. The van der Waals surface area contributed by atoms with E-state index >= 15 is 0 Å². The van der Waals surface area contributed by atoms with Crippen LogP contribution >= 0.6 is 0 Å². The first-order chi connectivity index (χ1) is 14.5. The zero-order valence-corrected chi connectivity index (χ0v) is 22.8. The van der Waals surface area contributed by atoms with Gasteiger partial charge in [0.2, 0.25) is 0 Å². The van der Waals surface area contributed by atoms with Crippen LogP contribution in [0.4, 0.5) is 0 Å². The van der Waals surface area contributed by atoms with E-state index in [9.17, 15) is 13.0 Å². The van der Waals surface area contributed by atoms with Gasteiger partial charge in [-0.3, -0.25) is 4.55 Å². The van der Waals surface area contributed by atoms with Crippen LogP contribution < -0.4 is 0 Å². The van der Waals surface area contributed by atoms with Gasteiger partial charge in [-0.05, 0) is 65.8 Å². The van der Waals surface area contributed by atoms with Crippen molar-refractivity contribution < 1.29 is 13.0 Å². The minimum absolute atomic E-state index is 0.100. The minimum Gasteiger partial charge on any atom is -0.285 e. The molecule has 0 bridgehead atoms. The Morgan fingerprint density at radius 3 is 2.25 bits per heavy atom. The Labute approximate surface area is 198 Å². The van der Waals surface area contributed by atoms with Crippen LogP contribution in [0.1, 0.15) is 101 Å². The number of hydrogen-bond acceptors (Lipinski definition) is 2. The normalized spacial score (nSPS) is 31.4. The molecule has 0 radical (unpaired) electrons. The first-order valence-corrected chi connectivity index (χ1v) is 14.0. The van der Waals surface area contributed by atoms with E-state index in [1.54, 1.807) is 6.08 Å². The van der Waals surface area contributed by atoms with Crippen LogP contribution in [0.25, 0.3) is 0 Å². The zero-order valence-electron chi connectivity index (χ0n) is 22.0. The summed E-state index contributed by atoms with van der Waals surface area (Å²) in [6, 6.07) is 0. The Morgan fingerprint density at radius 1 is 1.16 bits per heavy atom. The molecular weight excluding hydrogens is 416 g/mol. The van der Waals surface area contributed by atoms with Gasteiger partial charge in [0.05, 0.1) is 0 Å². The average molecular weight is 465 g/mol. The summed E-state index contributed by atoms with van der Waals surface area (Å²) >= 11 is 0. The van der Waals surface area contributed by atoms with Crippen molar-refractivity contribution in [3.63, 3.8) is 0 Å². The molecule has 4 heteroatoms. The third kappa shape index (κ3) is 5.78. The molecule has 0 aliphatic heterocycles. The Morgan fingerprint density at radius 2 is 1.75 bits per heavy atom. The third-order valence-electron chi connectivity index (χ3n) is 8.13. The van der Waals surface area contributed by atoms with E-state index in [-0.39, 0.29) is 16.2 Å². The first-order valence-electron chi connectivity index (χ1n) is 12.5. The van der Waals surface area contributed by atoms with Crippen molar-refractivity contribution >= 4 is 10.1 Å².